The third kappa shape index (κ3) is 3.80. The molecule has 0 spiro atoms. The van der Waals surface area contributed by atoms with E-state index in [4.69, 9.17) is 11.6 Å². The fraction of sp³-hybridized carbons (Fsp3) is 0.263. The van der Waals surface area contributed by atoms with Gasteiger partial charge in [-0.1, -0.05) is 22.9 Å². The molecule has 1 fully saturated rings. The van der Waals surface area contributed by atoms with Gasteiger partial charge >= 0.3 is 6.55 Å². The van der Waals surface area contributed by atoms with Crippen molar-refractivity contribution < 1.29 is 18.4 Å². The molecule has 0 aliphatic carbocycles. The van der Waals surface area contributed by atoms with Crippen molar-refractivity contribution in [2.75, 3.05) is 16.8 Å². The first-order valence-corrected chi connectivity index (χ1v) is 10.2. The number of carbonyl (C=O) groups excluding carboxylic acids is 2. The third-order valence-electron chi connectivity index (χ3n) is 4.67. The van der Waals surface area contributed by atoms with E-state index in [1.807, 2.05) is 0 Å². The molecule has 30 heavy (non-hydrogen) atoms. The molecular weight excluding hydrogens is 436 g/mol. The number of carbonyl (C=O) groups is 2. The van der Waals surface area contributed by atoms with Gasteiger partial charge in [-0.2, -0.15) is 8.78 Å². The number of aryl methyl sites for hydroxylation is 1. The van der Waals surface area contributed by atoms with Crippen LogP contribution in [0.2, 0.25) is 5.02 Å². The van der Waals surface area contributed by atoms with Gasteiger partial charge in [-0.05, 0) is 31.5 Å². The van der Waals surface area contributed by atoms with E-state index in [-0.39, 0.29) is 16.9 Å². The second-order valence-corrected chi connectivity index (χ2v) is 8.04. The monoisotopic (exact) mass is 451 g/mol. The summed E-state index contributed by atoms with van der Waals surface area (Å²) >= 11 is 7.28. The predicted octanol–water partition coefficient (Wildman–Crippen LogP) is 4.74. The largest absolute Gasteiger partial charge is 0.320 e. The zero-order valence-corrected chi connectivity index (χ0v) is 17.3. The van der Waals surface area contributed by atoms with Crippen LogP contribution >= 0.6 is 22.9 Å². The fourth-order valence-electron chi connectivity index (χ4n) is 3.24. The zero-order valence-electron chi connectivity index (χ0n) is 15.7. The average molecular weight is 452 g/mol. The number of hydrogen-bond acceptors (Lipinski definition) is 5. The SMILES string of the molecule is Cc1nc(NC(=O)c2ccc(Cl)c(N3CCCC3=O)c2)sc1-c1nccn1C(F)F. The molecule has 1 aliphatic rings. The number of rotatable bonds is 5. The minimum Gasteiger partial charge on any atom is -0.311 e. The van der Waals surface area contributed by atoms with Crippen molar-refractivity contribution in [1.82, 2.24) is 14.5 Å². The molecule has 156 valence electrons. The van der Waals surface area contributed by atoms with Crippen LogP contribution in [0.1, 0.15) is 35.4 Å². The summed E-state index contributed by atoms with van der Waals surface area (Å²) in [5.74, 6) is -0.400. The molecule has 0 radical (unpaired) electrons. The van der Waals surface area contributed by atoms with Crippen molar-refractivity contribution in [3.63, 3.8) is 0 Å². The van der Waals surface area contributed by atoms with Gasteiger partial charge in [-0.15, -0.1) is 0 Å². The Morgan fingerprint density at radius 3 is 2.87 bits per heavy atom. The summed E-state index contributed by atoms with van der Waals surface area (Å²) in [6.07, 6.45) is 3.66. The first-order valence-electron chi connectivity index (χ1n) is 9.05. The number of hydrogen-bond donors (Lipinski definition) is 1. The summed E-state index contributed by atoms with van der Waals surface area (Å²) in [4.78, 5) is 35.0. The van der Waals surface area contributed by atoms with Gasteiger partial charge in [0.2, 0.25) is 5.91 Å². The van der Waals surface area contributed by atoms with Crippen LogP contribution in [0.15, 0.2) is 30.6 Å². The van der Waals surface area contributed by atoms with Crippen LogP contribution in [0, 0.1) is 6.92 Å². The maximum atomic E-state index is 13.1. The lowest BCUT2D eigenvalue weighted by Crippen LogP contribution is -2.24. The molecule has 2 amide bonds. The van der Waals surface area contributed by atoms with E-state index in [1.165, 1.54) is 12.4 Å². The predicted molar refractivity (Wildman–Crippen MR) is 110 cm³/mol. The number of thiazole rings is 1. The topological polar surface area (TPSA) is 80.1 Å². The van der Waals surface area contributed by atoms with E-state index in [9.17, 15) is 18.4 Å². The summed E-state index contributed by atoms with van der Waals surface area (Å²) in [6, 6.07) is 4.67. The van der Waals surface area contributed by atoms with Gasteiger partial charge in [0.25, 0.3) is 5.91 Å². The van der Waals surface area contributed by atoms with E-state index in [2.05, 4.69) is 15.3 Å². The Morgan fingerprint density at radius 2 is 2.17 bits per heavy atom. The van der Waals surface area contributed by atoms with Gasteiger partial charge in [0, 0.05) is 30.9 Å². The number of aromatic nitrogens is 3. The Balaban J connectivity index is 1.58. The summed E-state index contributed by atoms with van der Waals surface area (Å²) in [7, 11) is 0. The molecule has 4 rings (SSSR count). The minimum absolute atomic E-state index is 0.0378. The molecule has 0 bridgehead atoms. The molecule has 1 saturated heterocycles. The summed E-state index contributed by atoms with van der Waals surface area (Å²) in [5, 5.41) is 3.31. The van der Waals surface area contributed by atoms with Crippen LogP contribution in [0.4, 0.5) is 19.6 Å². The molecule has 1 aromatic carbocycles. The Morgan fingerprint density at radius 1 is 1.37 bits per heavy atom. The summed E-state index contributed by atoms with van der Waals surface area (Å²) in [5.41, 5.74) is 1.27. The quantitative estimate of drug-likeness (QED) is 0.607. The number of amides is 2. The zero-order chi connectivity index (χ0) is 21.4. The van der Waals surface area contributed by atoms with Crippen LogP contribution in [0.3, 0.4) is 0 Å². The molecule has 1 aliphatic heterocycles. The molecule has 7 nitrogen and oxygen atoms in total. The van der Waals surface area contributed by atoms with Crippen LogP contribution < -0.4 is 10.2 Å². The van der Waals surface area contributed by atoms with Crippen LogP contribution in [-0.2, 0) is 4.79 Å². The van der Waals surface area contributed by atoms with Crippen LogP contribution in [-0.4, -0.2) is 32.9 Å². The number of anilines is 2. The first-order chi connectivity index (χ1) is 14.3. The van der Waals surface area contributed by atoms with Gasteiger partial charge in [0.05, 0.1) is 21.3 Å². The number of imidazole rings is 1. The van der Waals surface area contributed by atoms with E-state index >= 15 is 0 Å². The molecule has 1 N–H and O–H groups in total. The van der Waals surface area contributed by atoms with Crippen molar-refractivity contribution in [1.29, 1.82) is 0 Å². The number of nitrogens with one attached hydrogen (secondary N) is 1. The lowest BCUT2D eigenvalue weighted by atomic mass is 10.1. The van der Waals surface area contributed by atoms with Gasteiger partial charge < -0.3 is 4.90 Å². The first kappa shape index (κ1) is 20.4. The second kappa shape index (κ2) is 8.11. The van der Waals surface area contributed by atoms with Gasteiger partial charge in [-0.3, -0.25) is 19.5 Å². The smallest absolute Gasteiger partial charge is 0.311 e. The minimum atomic E-state index is -2.73. The lowest BCUT2D eigenvalue weighted by molar-refractivity contribution is -0.117. The Labute approximate surface area is 179 Å². The third-order valence-corrected chi connectivity index (χ3v) is 6.06. The Bertz CT molecular complexity index is 1130. The van der Waals surface area contributed by atoms with Crippen LogP contribution in [0.5, 0.6) is 0 Å². The average Bonchev–Trinajstić information content (AvgIpc) is 3.42. The van der Waals surface area contributed by atoms with E-state index in [0.717, 1.165) is 22.3 Å². The van der Waals surface area contributed by atoms with E-state index < -0.39 is 12.5 Å². The highest BCUT2D eigenvalue weighted by atomic mass is 35.5. The van der Waals surface area contributed by atoms with Gasteiger partial charge in [0.15, 0.2) is 11.0 Å². The molecule has 3 aromatic rings. The van der Waals surface area contributed by atoms with Crippen molar-refractivity contribution >= 4 is 45.6 Å². The normalized spacial score (nSPS) is 14.0. The van der Waals surface area contributed by atoms with Gasteiger partial charge in [-0.25, -0.2) is 9.97 Å². The molecule has 2 aromatic heterocycles. The van der Waals surface area contributed by atoms with Crippen molar-refractivity contribution in [2.24, 2.45) is 0 Å². The Kier molecular flexibility index (Phi) is 5.52. The van der Waals surface area contributed by atoms with Crippen molar-refractivity contribution in [3.8, 4) is 10.7 Å². The molecule has 0 unspecified atom stereocenters. The summed E-state index contributed by atoms with van der Waals surface area (Å²) in [6.45, 7) is -0.524. The molecule has 0 saturated carbocycles. The van der Waals surface area contributed by atoms with E-state index in [1.54, 1.807) is 30.0 Å². The fourth-order valence-corrected chi connectivity index (χ4v) is 4.42. The van der Waals surface area contributed by atoms with Gasteiger partial charge in [0.1, 0.15) is 0 Å². The standard InChI is InChI=1S/C19H16ClF2N5O2S/c1-10-15(16-23-6-8-27(16)18(21)22)30-19(24-10)25-17(29)11-4-5-12(20)13(9-11)26-7-2-3-14(26)28/h4-6,8-9,18H,2-3,7H2,1H3,(H,24,25,29). The van der Waals surface area contributed by atoms with Crippen molar-refractivity contribution in [3.05, 3.63) is 46.9 Å². The lowest BCUT2D eigenvalue weighted by Gasteiger charge is -2.18. The maximum absolute atomic E-state index is 13.1. The van der Waals surface area contributed by atoms with E-state index in [0.29, 0.717) is 39.8 Å². The van der Waals surface area contributed by atoms with Crippen LogP contribution in [0.25, 0.3) is 10.7 Å². The highest BCUT2D eigenvalue weighted by molar-refractivity contribution is 7.19. The van der Waals surface area contributed by atoms with Crippen molar-refractivity contribution in [2.45, 2.75) is 26.3 Å². The highest BCUT2D eigenvalue weighted by Gasteiger charge is 2.25. The number of alkyl halides is 2. The molecule has 0 atom stereocenters. The molecular formula is C19H16ClF2N5O2S. The molecule has 3 heterocycles. The maximum Gasteiger partial charge on any atom is 0.320 e. The number of nitrogens with zero attached hydrogens (tertiary/aromatic N) is 4. The summed E-state index contributed by atoms with van der Waals surface area (Å²) < 4.78 is 27.0. The number of halogens is 3. The second-order valence-electron chi connectivity index (χ2n) is 6.64. The number of benzene rings is 1. The Hall–Kier alpha value is -2.85. The highest BCUT2D eigenvalue weighted by Crippen LogP contribution is 2.34. The molecule has 11 heteroatoms.